The van der Waals surface area contributed by atoms with Gasteiger partial charge in [0.2, 0.25) is 5.75 Å². The van der Waals surface area contributed by atoms with Crippen molar-refractivity contribution in [2.45, 2.75) is 13.5 Å². The van der Waals surface area contributed by atoms with Gasteiger partial charge in [0, 0.05) is 11.6 Å². The number of aliphatic hydroxyl groups is 1. The van der Waals surface area contributed by atoms with Crippen LogP contribution < -0.4 is 4.74 Å². The molecule has 0 spiro atoms. The van der Waals surface area contributed by atoms with Gasteiger partial charge in [0.05, 0.1) is 11.5 Å². The molecule has 0 fully saturated rings. The molecule has 0 aromatic heterocycles. The lowest BCUT2D eigenvalue weighted by atomic mass is 10.1. The van der Waals surface area contributed by atoms with E-state index in [9.17, 15) is 19.6 Å². The number of nitrogens with zero attached hydrogens (tertiary/aromatic N) is 1. The van der Waals surface area contributed by atoms with Crippen LogP contribution in [0.4, 0.5) is 10.1 Å². The maximum atomic E-state index is 13.1. The largest absolute Gasteiger partial charge is 0.449 e. The molecule has 0 unspecified atom stereocenters. The molecule has 2 aromatic rings. The van der Waals surface area contributed by atoms with Crippen LogP contribution in [0.3, 0.4) is 0 Å². The lowest BCUT2D eigenvalue weighted by Crippen LogP contribution is -1.98. The number of para-hydroxylation sites is 1. The van der Waals surface area contributed by atoms with E-state index >= 15 is 0 Å². The number of halogens is 1. The average molecular weight is 277 g/mol. The molecule has 0 aliphatic heterocycles. The van der Waals surface area contributed by atoms with Crippen molar-refractivity contribution in [1.82, 2.24) is 0 Å². The molecule has 6 heteroatoms. The first-order chi connectivity index (χ1) is 9.52. The lowest BCUT2D eigenvalue weighted by molar-refractivity contribution is -0.385. The molecule has 0 heterocycles. The quantitative estimate of drug-likeness (QED) is 0.687. The van der Waals surface area contributed by atoms with Gasteiger partial charge in [-0.15, -0.1) is 0 Å². The standard InChI is InChI=1S/C14H12FNO4/c1-9-3-2-4-12(16(18)19)14(9)20-13-6-5-11(15)7-10(13)8-17/h2-7,17H,8H2,1H3. The van der Waals surface area contributed by atoms with Crippen molar-refractivity contribution in [2.24, 2.45) is 0 Å². The van der Waals surface area contributed by atoms with E-state index in [1.165, 1.54) is 18.2 Å². The summed E-state index contributed by atoms with van der Waals surface area (Å²) in [6.45, 7) is 1.25. The number of aliphatic hydroxyl groups excluding tert-OH is 1. The summed E-state index contributed by atoms with van der Waals surface area (Å²) in [5.74, 6) is -0.245. The van der Waals surface area contributed by atoms with Gasteiger partial charge in [0.15, 0.2) is 0 Å². The van der Waals surface area contributed by atoms with E-state index in [4.69, 9.17) is 4.74 Å². The van der Waals surface area contributed by atoms with Gasteiger partial charge in [0.1, 0.15) is 11.6 Å². The molecular weight excluding hydrogens is 265 g/mol. The van der Waals surface area contributed by atoms with E-state index in [2.05, 4.69) is 0 Å². The molecule has 0 amide bonds. The summed E-state index contributed by atoms with van der Waals surface area (Å²) in [4.78, 5) is 10.4. The van der Waals surface area contributed by atoms with Crippen molar-refractivity contribution < 1.29 is 19.2 Å². The van der Waals surface area contributed by atoms with Gasteiger partial charge in [-0.25, -0.2) is 4.39 Å². The molecule has 0 radical (unpaired) electrons. The van der Waals surface area contributed by atoms with E-state index < -0.39 is 17.3 Å². The summed E-state index contributed by atoms with van der Waals surface area (Å²) in [6.07, 6.45) is 0. The van der Waals surface area contributed by atoms with Crippen molar-refractivity contribution >= 4 is 5.69 Å². The third kappa shape index (κ3) is 2.75. The summed E-state index contributed by atoms with van der Waals surface area (Å²) in [5, 5.41) is 20.2. The maximum Gasteiger partial charge on any atom is 0.311 e. The van der Waals surface area contributed by atoms with Crippen LogP contribution in [0.1, 0.15) is 11.1 Å². The van der Waals surface area contributed by atoms with Crippen LogP contribution in [-0.4, -0.2) is 10.0 Å². The molecule has 20 heavy (non-hydrogen) atoms. The molecule has 0 aliphatic carbocycles. The third-order valence-electron chi connectivity index (χ3n) is 2.79. The number of ether oxygens (including phenoxy) is 1. The van der Waals surface area contributed by atoms with Crippen LogP contribution in [0.25, 0.3) is 0 Å². The number of aryl methyl sites for hydroxylation is 1. The van der Waals surface area contributed by atoms with E-state index in [1.807, 2.05) is 0 Å². The molecule has 2 aromatic carbocycles. The van der Waals surface area contributed by atoms with E-state index in [1.54, 1.807) is 19.1 Å². The Morgan fingerprint density at radius 2 is 2.10 bits per heavy atom. The highest BCUT2D eigenvalue weighted by molar-refractivity contribution is 5.53. The summed E-state index contributed by atoms with van der Waals surface area (Å²) in [7, 11) is 0. The SMILES string of the molecule is Cc1cccc([N+](=O)[O-])c1Oc1ccc(F)cc1CO. The molecule has 2 rings (SSSR count). The fourth-order valence-corrected chi connectivity index (χ4v) is 1.79. The Balaban J connectivity index is 2.47. The molecule has 0 saturated heterocycles. The fraction of sp³-hybridized carbons (Fsp3) is 0.143. The van der Waals surface area contributed by atoms with Crippen LogP contribution in [0, 0.1) is 22.9 Å². The number of benzene rings is 2. The van der Waals surface area contributed by atoms with Crippen LogP contribution >= 0.6 is 0 Å². The van der Waals surface area contributed by atoms with E-state index in [0.717, 1.165) is 6.07 Å². The fourth-order valence-electron chi connectivity index (χ4n) is 1.79. The highest BCUT2D eigenvalue weighted by Crippen LogP contribution is 2.35. The van der Waals surface area contributed by atoms with Gasteiger partial charge in [-0.2, -0.15) is 0 Å². The summed E-state index contributed by atoms with van der Waals surface area (Å²) in [5.41, 5.74) is 0.619. The molecule has 0 aliphatic rings. The monoisotopic (exact) mass is 277 g/mol. The number of nitro benzene ring substituents is 1. The molecule has 0 atom stereocenters. The predicted octanol–water partition coefficient (Wildman–Crippen LogP) is 3.33. The maximum absolute atomic E-state index is 13.1. The molecule has 0 saturated carbocycles. The zero-order chi connectivity index (χ0) is 14.7. The van der Waals surface area contributed by atoms with Gasteiger partial charge >= 0.3 is 5.69 Å². The first-order valence-electron chi connectivity index (χ1n) is 5.84. The van der Waals surface area contributed by atoms with Gasteiger partial charge in [-0.3, -0.25) is 10.1 Å². The van der Waals surface area contributed by atoms with Crippen LogP contribution in [-0.2, 0) is 6.61 Å². The van der Waals surface area contributed by atoms with Crippen molar-refractivity contribution in [3.8, 4) is 11.5 Å². The minimum atomic E-state index is -0.551. The minimum absolute atomic E-state index is 0.0822. The molecule has 104 valence electrons. The Kier molecular flexibility index (Phi) is 3.95. The number of rotatable bonds is 4. The molecular formula is C14H12FNO4. The Morgan fingerprint density at radius 1 is 1.35 bits per heavy atom. The number of hydrogen-bond acceptors (Lipinski definition) is 4. The Morgan fingerprint density at radius 3 is 2.75 bits per heavy atom. The third-order valence-corrected chi connectivity index (χ3v) is 2.79. The Labute approximate surface area is 114 Å². The molecule has 0 bridgehead atoms. The second-order valence-corrected chi connectivity index (χ2v) is 4.19. The highest BCUT2D eigenvalue weighted by atomic mass is 19.1. The van der Waals surface area contributed by atoms with E-state index in [-0.39, 0.29) is 22.7 Å². The van der Waals surface area contributed by atoms with Crippen LogP contribution in [0.5, 0.6) is 11.5 Å². The number of nitro groups is 1. The second kappa shape index (κ2) is 5.66. The first-order valence-corrected chi connectivity index (χ1v) is 5.84. The first kappa shape index (κ1) is 14.0. The van der Waals surface area contributed by atoms with Crippen LogP contribution in [0.15, 0.2) is 36.4 Å². The predicted molar refractivity (Wildman–Crippen MR) is 70.2 cm³/mol. The molecule has 1 N–H and O–H groups in total. The second-order valence-electron chi connectivity index (χ2n) is 4.19. The zero-order valence-corrected chi connectivity index (χ0v) is 10.7. The van der Waals surface area contributed by atoms with Crippen molar-refractivity contribution in [3.63, 3.8) is 0 Å². The van der Waals surface area contributed by atoms with Crippen molar-refractivity contribution in [3.05, 3.63) is 63.5 Å². The molecule has 5 nitrogen and oxygen atoms in total. The Bertz CT molecular complexity index is 658. The van der Waals surface area contributed by atoms with Crippen LogP contribution in [0.2, 0.25) is 0 Å². The van der Waals surface area contributed by atoms with Crippen molar-refractivity contribution in [2.75, 3.05) is 0 Å². The van der Waals surface area contributed by atoms with Crippen molar-refractivity contribution in [1.29, 1.82) is 0 Å². The van der Waals surface area contributed by atoms with Gasteiger partial charge in [0.25, 0.3) is 0 Å². The Hall–Kier alpha value is -2.47. The van der Waals surface area contributed by atoms with E-state index in [0.29, 0.717) is 5.56 Å². The lowest BCUT2D eigenvalue weighted by Gasteiger charge is -2.12. The number of hydrogen-bond donors (Lipinski definition) is 1. The topological polar surface area (TPSA) is 72.6 Å². The summed E-state index contributed by atoms with van der Waals surface area (Å²) < 4.78 is 18.6. The summed E-state index contributed by atoms with van der Waals surface area (Å²) in [6, 6.07) is 8.17. The summed E-state index contributed by atoms with van der Waals surface area (Å²) >= 11 is 0. The highest BCUT2D eigenvalue weighted by Gasteiger charge is 2.19. The average Bonchev–Trinajstić information content (AvgIpc) is 2.42. The van der Waals surface area contributed by atoms with Gasteiger partial charge in [-0.05, 0) is 30.7 Å². The minimum Gasteiger partial charge on any atom is -0.449 e. The van der Waals surface area contributed by atoms with Gasteiger partial charge in [-0.1, -0.05) is 12.1 Å². The normalized spacial score (nSPS) is 10.3. The van der Waals surface area contributed by atoms with Gasteiger partial charge < -0.3 is 9.84 Å². The smallest absolute Gasteiger partial charge is 0.311 e. The zero-order valence-electron chi connectivity index (χ0n) is 10.7.